The Hall–Kier alpha value is -0.950. The molecule has 0 aliphatic rings. The molecule has 0 radical (unpaired) electrons. The highest BCUT2D eigenvalue weighted by molar-refractivity contribution is 9.10. The number of hydrogen-bond donors (Lipinski definition) is 0. The summed E-state index contributed by atoms with van der Waals surface area (Å²) in [6, 6.07) is 8.56. The summed E-state index contributed by atoms with van der Waals surface area (Å²) < 4.78 is 5.99. The van der Waals surface area contributed by atoms with Gasteiger partial charge in [-0.2, -0.15) is 5.26 Å². The minimum absolute atomic E-state index is 0.241. The fourth-order valence-corrected chi connectivity index (χ4v) is 2.15. The van der Waals surface area contributed by atoms with Crippen LogP contribution < -0.4 is 0 Å². The number of hydrogen-bond acceptors (Lipinski definition) is 2. The van der Waals surface area contributed by atoms with Gasteiger partial charge in [-0.05, 0) is 40.2 Å². The molecule has 2 nitrogen and oxygen atoms in total. The summed E-state index contributed by atoms with van der Waals surface area (Å²) in [5, 5.41) is 9.70. The molecule has 0 saturated heterocycles. The van der Waals surface area contributed by atoms with Gasteiger partial charge in [0.25, 0.3) is 0 Å². The monoisotopic (exact) mass is 315 g/mol. The minimum atomic E-state index is 0.241. The van der Waals surface area contributed by atoms with Crippen molar-refractivity contribution in [1.82, 2.24) is 0 Å². The zero-order valence-electron chi connectivity index (χ0n) is 7.80. The van der Waals surface area contributed by atoms with E-state index in [4.69, 9.17) is 32.9 Å². The summed E-state index contributed by atoms with van der Waals surface area (Å²) in [6.07, 6.45) is 0. The van der Waals surface area contributed by atoms with Crippen LogP contribution in [-0.2, 0) is 0 Å². The van der Waals surface area contributed by atoms with E-state index in [9.17, 15) is 0 Å². The van der Waals surface area contributed by atoms with Gasteiger partial charge >= 0.3 is 0 Å². The third-order valence-electron chi connectivity index (χ3n) is 1.99. The normalized spacial score (nSPS) is 10.1. The summed E-state index contributed by atoms with van der Waals surface area (Å²) in [6.45, 7) is 0. The van der Waals surface area contributed by atoms with Crippen molar-refractivity contribution in [2.24, 2.45) is 0 Å². The number of benzene rings is 1. The van der Waals surface area contributed by atoms with Crippen LogP contribution in [0.15, 0.2) is 33.2 Å². The van der Waals surface area contributed by atoms with Crippen molar-refractivity contribution < 1.29 is 4.42 Å². The van der Waals surface area contributed by atoms with Crippen LogP contribution in [0.3, 0.4) is 0 Å². The molecule has 0 spiro atoms. The molecule has 0 fully saturated rings. The molecular weight excluding hydrogens is 313 g/mol. The van der Waals surface area contributed by atoms with Crippen LogP contribution in [0, 0.1) is 11.3 Å². The van der Waals surface area contributed by atoms with Crippen LogP contribution in [0.4, 0.5) is 0 Å². The van der Waals surface area contributed by atoms with Crippen LogP contribution in [0.25, 0.3) is 11.3 Å². The zero-order chi connectivity index (χ0) is 11.7. The summed E-state index contributed by atoms with van der Waals surface area (Å²) in [4.78, 5) is 0. The van der Waals surface area contributed by atoms with E-state index < -0.39 is 0 Å². The Morgan fingerprint density at radius 3 is 2.56 bits per heavy atom. The van der Waals surface area contributed by atoms with Crippen LogP contribution in [0.2, 0.25) is 10.0 Å². The van der Waals surface area contributed by atoms with E-state index in [-0.39, 0.29) is 5.76 Å². The molecule has 0 saturated carbocycles. The topological polar surface area (TPSA) is 36.9 Å². The van der Waals surface area contributed by atoms with Crippen LogP contribution in [0.1, 0.15) is 5.76 Å². The lowest BCUT2D eigenvalue weighted by atomic mass is 10.2. The highest BCUT2D eigenvalue weighted by Crippen LogP contribution is 2.35. The molecule has 1 heterocycles. The summed E-state index contributed by atoms with van der Waals surface area (Å²) in [5.41, 5.74) is 0.663. The highest BCUT2D eigenvalue weighted by Gasteiger charge is 2.11. The molecule has 0 amide bonds. The Bertz CT molecular complexity index is 586. The number of furan rings is 1. The lowest BCUT2D eigenvalue weighted by molar-refractivity contribution is 0.567. The van der Waals surface area contributed by atoms with Crippen molar-refractivity contribution in [3.63, 3.8) is 0 Å². The SMILES string of the molecule is N#Cc1ccc(-c2cc(Cl)c(Br)cc2Cl)o1. The lowest BCUT2D eigenvalue weighted by Crippen LogP contribution is -1.78. The first-order valence-electron chi connectivity index (χ1n) is 4.26. The molecule has 2 rings (SSSR count). The predicted octanol–water partition coefficient (Wildman–Crippen LogP) is 4.89. The molecule has 5 heteroatoms. The number of nitrogens with zero attached hydrogens (tertiary/aromatic N) is 1. The molecular formula is C11H4BrCl2NO. The van der Waals surface area contributed by atoms with Crippen molar-refractivity contribution in [1.29, 1.82) is 5.26 Å². The lowest BCUT2D eigenvalue weighted by Gasteiger charge is -2.03. The molecule has 0 aliphatic heterocycles. The number of rotatable bonds is 1. The van der Waals surface area contributed by atoms with E-state index in [0.717, 1.165) is 4.47 Å². The fraction of sp³-hybridized carbons (Fsp3) is 0. The molecule has 0 unspecified atom stereocenters. The molecule has 0 aliphatic carbocycles. The second kappa shape index (κ2) is 4.50. The van der Waals surface area contributed by atoms with E-state index >= 15 is 0 Å². The van der Waals surface area contributed by atoms with Gasteiger partial charge < -0.3 is 4.42 Å². The minimum Gasteiger partial charge on any atom is -0.446 e. The van der Waals surface area contributed by atoms with E-state index in [1.54, 1.807) is 24.3 Å². The number of halogens is 3. The van der Waals surface area contributed by atoms with E-state index in [1.165, 1.54) is 0 Å². The van der Waals surface area contributed by atoms with E-state index in [1.807, 2.05) is 6.07 Å². The van der Waals surface area contributed by atoms with Crippen molar-refractivity contribution in [2.75, 3.05) is 0 Å². The standard InChI is InChI=1S/C11H4BrCl2NO/c12-8-4-9(13)7(3-10(8)14)11-2-1-6(5-15)16-11/h1-4H. The third-order valence-corrected chi connectivity index (χ3v) is 3.50. The van der Waals surface area contributed by atoms with Crippen LogP contribution >= 0.6 is 39.1 Å². The van der Waals surface area contributed by atoms with Gasteiger partial charge in [0, 0.05) is 10.0 Å². The van der Waals surface area contributed by atoms with Crippen molar-refractivity contribution in [3.05, 3.63) is 44.5 Å². The summed E-state index contributed by atoms with van der Waals surface area (Å²) >= 11 is 15.3. The van der Waals surface area contributed by atoms with Gasteiger partial charge in [-0.15, -0.1) is 0 Å². The largest absolute Gasteiger partial charge is 0.446 e. The van der Waals surface area contributed by atoms with Gasteiger partial charge in [0.15, 0.2) is 0 Å². The average Bonchev–Trinajstić information content (AvgIpc) is 2.71. The Morgan fingerprint density at radius 2 is 1.94 bits per heavy atom. The Kier molecular flexibility index (Phi) is 3.25. The van der Waals surface area contributed by atoms with Gasteiger partial charge in [0.2, 0.25) is 5.76 Å². The molecule has 0 atom stereocenters. The van der Waals surface area contributed by atoms with Crippen molar-refractivity contribution in [3.8, 4) is 17.4 Å². The van der Waals surface area contributed by atoms with Gasteiger partial charge in [0.05, 0.1) is 10.0 Å². The Labute approximate surface area is 111 Å². The maximum atomic E-state index is 8.66. The van der Waals surface area contributed by atoms with E-state index in [0.29, 0.717) is 21.4 Å². The zero-order valence-corrected chi connectivity index (χ0v) is 10.9. The van der Waals surface area contributed by atoms with Gasteiger partial charge in [-0.1, -0.05) is 23.2 Å². The second-order valence-corrected chi connectivity index (χ2v) is 4.69. The van der Waals surface area contributed by atoms with Gasteiger partial charge in [0.1, 0.15) is 11.8 Å². The van der Waals surface area contributed by atoms with Crippen molar-refractivity contribution >= 4 is 39.1 Å². The maximum Gasteiger partial charge on any atom is 0.204 e. The molecule has 0 N–H and O–H groups in total. The van der Waals surface area contributed by atoms with Gasteiger partial charge in [-0.3, -0.25) is 0 Å². The average molecular weight is 317 g/mol. The molecule has 2 aromatic rings. The molecule has 80 valence electrons. The predicted molar refractivity (Wildman–Crippen MR) is 66.6 cm³/mol. The molecule has 16 heavy (non-hydrogen) atoms. The fourth-order valence-electron chi connectivity index (χ4n) is 1.25. The smallest absolute Gasteiger partial charge is 0.204 e. The first-order chi connectivity index (χ1) is 7.61. The van der Waals surface area contributed by atoms with Gasteiger partial charge in [-0.25, -0.2) is 0 Å². The summed E-state index contributed by atoms with van der Waals surface area (Å²) in [7, 11) is 0. The Balaban J connectivity index is 2.56. The molecule has 0 bridgehead atoms. The first kappa shape index (κ1) is 11.5. The number of nitriles is 1. The molecule has 1 aromatic heterocycles. The summed E-state index contributed by atoms with van der Waals surface area (Å²) in [5.74, 6) is 0.765. The van der Waals surface area contributed by atoms with E-state index in [2.05, 4.69) is 15.9 Å². The van der Waals surface area contributed by atoms with Crippen molar-refractivity contribution in [2.45, 2.75) is 0 Å². The van der Waals surface area contributed by atoms with Crippen LogP contribution in [-0.4, -0.2) is 0 Å². The third kappa shape index (κ3) is 2.10. The highest BCUT2D eigenvalue weighted by atomic mass is 79.9. The van der Waals surface area contributed by atoms with Crippen LogP contribution in [0.5, 0.6) is 0 Å². The Morgan fingerprint density at radius 1 is 1.19 bits per heavy atom. The maximum absolute atomic E-state index is 8.66. The molecule has 1 aromatic carbocycles. The second-order valence-electron chi connectivity index (χ2n) is 3.02. The quantitative estimate of drug-likeness (QED) is 0.702. The first-order valence-corrected chi connectivity index (χ1v) is 5.81.